The van der Waals surface area contributed by atoms with Crippen LogP contribution in [0.25, 0.3) is 0 Å². The van der Waals surface area contributed by atoms with Crippen molar-refractivity contribution in [3.05, 3.63) is 47.5 Å². The van der Waals surface area contributed by atoms with Crippen LogP contribution in [-0.4, -0.2) is 28.8 Å². The van der Waals surface area contributed by atoms with Crippen molar-refractivity contribution in [2.75, 3.05) is 0 Å². The highest BCUT2D eigenvalue weighted by Crippen LogP contribution is 2.28. The monoisotopic (exact) mass is 310 g/mol. The van der Waals surface area contributed by atoms with Crippen LogP contribution >= 0.6 is 0 Å². The van der Waals surface area contributed by atoms with E-state index in [2.05, 4.69) is 0 Å². The number of aliphatic hydroxyl groups is 2. The lowest BCUT2D eigenvalue weighted by molar-refractivity contribution is 0.275. The Morgan fingerprint density at radius 2 is 1.14 bits per heavy atom. The van der Waals surface area contributed by atoms with E-state index in [4.69, 9.17) is 10.2 Å². The van der Waals surface area contributed by atoms with Gasteiger partial charge >= 0.3 is 0 Å². The highest BCUT2D eigenvalue weighted by atomic mass is 32.2. The van der Waals surface area contributed by atoms with Gasteiger partial charge in [-0.2, -0.15) is 0 Å². The molecular formula is C14H14O6S. The van der Waals surface area contributed by atoms with Crippen LogP contribution in [0.3, 0.4) is 0 Å². The maximum Gasteiger partial charge on any atom is 0.206 e. The lowest BCUT2D eigenvalue weighted by Gasteiger charge is -2.09. The van der Waals surface area contributed by atoms with E-state index >= 15 is 0 Å². The third-order valence-corrected chi connectivity index (χ3v) is 4.81. The molecule has 0 atom stereocenters. The zero-order valence-corrected chi connectivity index (χ0v) is 11.7. The molecule has 0 aliphatic rings. The van der Waals surface area contributed by atoms with Gasteiger partial charge in [-0.1, -0.05) is 0 Å². The number of hydrogen-bond acceptors (Lipinski definition) is 6. The fourth-order valence-corrected chi connectivity index (χ4v) is 3.21. The van der Waals surface area contributed by atoms with E-state index in [0.29, 0.717) is 0 Å². The van der Waals surface area contributed by atoms with Gasteiger partial charge in [0.05, 0.1) is 23.0 Å². The number of phenols is 2. The van der Waals surface area contributed by atoms with E-state index in [9.17, 15) is 18.6 Å². The van der Waals surface area contributed by atoms with Crippen LogP contribution in [0.4, 0.5) is 0 Å². The lowest BCUT2D eigenvalue weighted by atomic mass is 10.2. The molecule has 2 aromatic rings. The smallest absolute Gasteiger partial charge is 0.206 e. The summed E-state index contributed by atoms with van der Waals surface area (Å²) in [7, 11) is -3.88. The standard InChI is InChI=1S/C14H14O6S/c15-7-9-5-11(1-3-13(9)17)21(19,20)12-2-4-14(18)10(6-12)8-16/h1-6,15-18H,7-8H2. The van der Waals surface area contributed by atoms with Crippen molar-refractivity contribution in [1.82, 2.24) is 0 Å². The summed E-state index contributed by atoms with van der Waals surface area (Å²) < 4.78 is 24.9. The molecule has 21 heavy (non-hydrogen) atoms. The summed E-state index contributed by atoms with van der Waals surface area (Å²) in [6.07, 6.45) is 0. The van der Waals surface area contributed by atoms with Gasteiger partial charge in [0.25, 0.3) is 0 Å². The summed E-state index contributed by atoms with van der Waals surface area (Å²) in [6, 6.07) is 7.16. The Labute approximate surface area is 121 Å². The molecule has 4 N–H and O–H groups in total. The lowest BCUT2D eigenvalue weighted by Crippen LogP contribution is -2.04. The molecule has 6 nitrogen and oxygen atoms in total. The van der Waals surface area contributed by atoms with Gasteiger partial charge in [-0.05, 0) is 36.4 Å². The minimum absolute atomic E-state index is 0.0947. The molecule has 0 heterocycles. The van der Waals surface area contributed by atoms with Crippen molar-refractivity contribution >= 4 is 9.84 Å². The highest BCUT2D eigenvalue weighted by Gasteiger charge is 2.20. The van der Waals surface area contributed by atoms with E-state index in [1.165, 1.54) is 36.4 Å². The van der Waals surface area contributed by atoms with Crippen LogP contribution < -0.4 is 0 Å². The molecule has 2 rings (SSSR count). The molecule has 0 amide bonds. The number of benzene rings is 2. The van der Waals surface area contributed by atoms with E-state index in [0.717, 1.165) is 0 Å². The molecule has 0 aliphatic heterocycles. The fourth-order valence-electron chi connectivity index (χ4n) is 1.85. The number of aromatic hydroxyl groups is 2. The summed E-state index contributed by atoms with van der Waals surface area (Å²) >= 11 is 0. The Hall–Kier alpha value is -2.09. The van der Waals surface area contributed by atoms with Crippen molar-refractivity contribution < 1.29 is 28.8 Å². The first-order chi connectivity index (χ1) is 9.90. The second kappa shape index (κ2) is 5.72. The number of rotatable bonds is 4. The maximum atomic E-state index is 12.5. The molecule has 0 radical (unpaired) electrons. The average molecular weight is 310 g/mol. The van der Waals surface area contributed by atoms with Crippen LogP contribution in [0.5, 0.6) is 11.5 Å². The zero-order valence-electron chi connectivity index (χ0n) is 10.9. The highest BCUT2D eigenvalue weighted by molar-refractivity contribution is 7.91. The van der Waals surface area contributed by atoms with Gasteiger partial charge in [0.1, 0.15) is 11.5 Å². The molecule has 0 bridgehead atoms. The maximum absolute atomic E-state index is 12.5. The van der Waals surface area contributed by atoms with Gasteiger partial charge in [-0.25, -0.2) is 8.42 Å². The fraction of sp³-hybridized carbons (Fsp3) is 0.143. The minimum atomic E-state index is -3.88. The van der Waals surface area contributed by atoms with E-state index in [1.807, 2.05) is 0 Å². The van der Waals surface area contributed by atoms with Gasteiger partial charge in [-0.15, -0.1) is 0 Å². The summed E-state index contributed by atoms with van der Waals surface area (Å²) in [5, 5.41) is 37.1. The van der Waals surface area contributed by atoms with Gasteiger partial charge in [0, 0.05) is 11.1 Å². The number of sulfone groups is 1. The Bertz CT molecular complexity index is 708. The summed E-state index contributed by atoms with van der Waals surface area (Å²) in [5.41, 5.74) is 0.189. The Morgan fingerprint density at radius 1 is 0.762 bits per heavy atom. The van der Waals surface area contributed by atoms with Crippen molar-refractivity contribution in [2.24, 2.45) is 0 Å². The summed E-state index contributed by atoms with van der Waals surface area (Å²) in [5.74, 6) is -0.392. The van der Waals surface area contributed by atoms with E-state index < -0.39 is 23.1 Å². The van der Waals surface area contributed by atoms with Gasteiger partial charge in [0.15, 0.2) is 0 Å². The quantitative estimate of drug-likeness (QED) is 0.667. The number of aliphatic hydroxyl groups excluding tert-OH is 2. The third kappa shape index (κ3) is 2.85. The van der Waals surface area contributed by atoms with Gasteiger partial charge in [-0.3, -0.25) is 0 Å². The molecule has 0 aromatic heterocycles. The molecule has 0 unspecified atom stereocenters. The largest absolute Gasteiger partial charge is 0.508 e. The second-order valence-electron chi connectivity index (χ2n) is 4.40. The SMILES string of the molecule is O=S(=O)(c1ccc(O)c(CO)c1)c1ccc(O)c(CO)c1. The molecular weight excluding hydrogens is 296 g/mol. The van der Waals surface area contributed by atoms with Crippen molar-refractivity contribution in [2.45, 2.75) is 23.0 Å². The molecule has 0 spiro atoms. The zero-order chi connectivity index (χ0) is 15.6. The van der Waals surface area contributed by atoms with Gasteiger partial charge < -0.3 is 20.4 Å². The molecule has 2 aromatic carbocycles. The molecule has 0 aliphatic carbocycles. The Balaban J connectivity index is 2.56. The molecule has 0 fully saturated rings. The van der Waals surface area contributed by atoms with Gasteiger partial charge in [0.2, 0.25) is 9.84 Å². The van der Waals surface area contributed by atoms with Crippen LogP contribution in [-0.2, 0) is 23.1 Å². The van der Waals surface area contributed by atoms with Crippen molar-refractivity contribution in [1.29, 1.82) is 0 Å². The predicted molar refractivity (Wildman–Crippen MR) is 73.5 cm³/mol. The first-order valence-corrected chi connectivity index (χ1v) is 7.49. The molecule has 0 saturated carbocycles. The first-order valence-electron chi connectivity index (χ1n) is 6.00. The molecule has 7 heteroatoms. The molecule has 112 valence electrons. The summed E-state index contributed by atoms with van der Waals surface area (Å²) in [6.45, 7) is -0.987. The van der Waals surface area contributed by atoms with Crippen molar-refractivity contribution in [3.8, 4) is 11.5 Å². The predicted octanol–water partition coefficient (Wildman–Crippen LogP) is 0.915. The Kier molecular flexibility index (Phi) is 4.17. The first kappa shape index (κ1) is 15.3. The normalized spacial score (nSPS) is 11.5. The molecule has 0 saturated heterocycles. The number of hydrogen-bond donors (Lipinski definition) is 4. The van der Waals surface area contributed by atoms with Crippen molar-refractivity contribution in [3.63, 3.8) is 0 Å². The minimum Gasteiger partial charge on any atom is -0.508 e. The van der Waals surface area contributed by atoms with Crippen LogP contribution in [0.2, 0.25) is 0 Å². The Morgan fingerprint density at radius 3 is 1.48 bits per heavy atom. The van der Waals surface area contributed by atoms with Crippen LogP contribution in [0, 0.1) is 0 Å². The van der Waals surface area contributed by atoms with E-state index in [-0.39, 0.29) is 32.4 Å². The summed E-state index contributed by atoms with van der Waals surface area (Å²) in [4.78, 5) is -0.196. The van der Waals surface area contributed by atoms with Crippen LogP contribution in [0.1, 0.15) is 11.1 Å². The van der Waals surface area contributed by atoms with Crippen LogP contribution in [0.15, 0.2) is 46.2 Å². The third-order valence-electron chi connectivity index (χ3n) is 3.06. The topological polar surface area (TPSA) is 115 Å². The average Bonchev–Trinajstić information content (AvgIpc) is 2.47. The van der Waals surface area contributed by atoms with E-state index in [1.54, 1.807) is 0 Å². The second-order valence-corrected chi connectivity index (χ2v) is 6.35.